The predicted molar refractivity (Wildman–Crippen MR) is 117 cm³/mol. The molecule has 0 radical (unpaired) electrons. The number of hydrogen-bond donors (Lipinski definition) is 1. The van der Waals surface area contributed by atoms with Gasteiger partial charge in [0.25, 0.3) is 0 Å². The van der Waals surface area contributed by atoms with Crippen LogP contribution >= 0.6 is 0 Å². The number of rotatable bonds is 2. The second-order valence-electron chi connectivity index (χ2n) is 8.15. The molecular formula is C23H26FN5. The third-order valence-corrected chi connectivity index (χ3v) is 5.93. The maximum atomic E-state index is 13.8. The van der Waals surface area contributed by atoms with Gasteiger partial charge in [0, 0.05) is 37.1 Å². The van der Waals surface area contributed by atoms with Crippen LogP contribution in [0.15, 0.2) is 43.0 Å². The van der Waals surface area contributed by atoms with Crippen molar-refractivity contribution in [3.63, 3.8) is 0 Å². The van der Waals surface area contributed by atoms with Crippen molar-refractivity contribution in [1.29, 1.82) is 0 Å². The highest BCUT2D eigenvalue weighted by molar-refractivity contribution is 5.94. The Morgan fingerprint density at radius 1 is 1.14 bits per heavy atom. The van der Waals surface area contributed by atoms with E-state index in [-0.39, 0.29) is 5.82 Å². The molecule has 3 aromatic rings. The van der Waals surface area contributed by atoms with Gasteiger partial charge in [0.2, 0.25) is 0 Å². The van der Waals surface area contributed by atoms with Crippen molar-refractivity contribution in [3.05, 3.63) is 54.5 Å². The first kappa shape index (κ1) is 18.2. The number of nitrogens with one attached hydrogen (secondary N) is 1. The minimum absolute atomic E-state index is 0.232. The van der Waals surface area contributed by atoms with Crippen LogP contribution in [-0.2, 0) is 0 Å². The standard InChI is InChI=1S/C23H26FN5/c1-5-28-16(4)21-11-17-10-18(24)6-7-19(17)29(21)23-20(28)8-9-22(26-23)27-12-14(2)25-15(3)13-27/h6-11,14-15,25H,4-5,12-13H2,1-3H3/t14-,15+. The second kappa shape index (κ2) is 6.59. The number of anilines is 2. The SMILES string of the molecule is C=C1c2cc3cc(F)ccc3n2-c2nc(N3C[C@@H](C)N[C@@H](C)C3)ccc2N1CC. The number of fused-ring (bicyclic) bond motifs is 5. The van der Waals surface area contributed by atoms with Gasteiger partial charge in [-0.25, -0.2) is 9.37 Å². The lowest BCUT2D eigenvalue weighted by molar-refractivity contribution is 0.405. The Kier molecular flexibility index (Phi) is 4.13. The van der Waals surface area contributed by atoms with Crippen LogP contribution in [0.3, 0.4) is 0 Å². The van der Waals surface area contributed by atoms with Gasteiger partial charge in [0.05, 0.1) is 22.6 Å². The molecule has 5 rings (SSSR count). The van der Waals surface area contributed by atoms with Gasteiger partial charge in [0.15, 0.2) is 5.82 Å². The van der Waals surface area contributed by atoms with E-state index in [2.05, 4.69) is 59.2 Å². The van der Waals surface area contributed by atoms with Gasteiger partial charge in [-0.1, -0.05) is 6.58 Å². The molecule has 150 valence electrons. The van der Waals surface area contributed by atoms with Crippen molar-refractivity contribution < 1.29 is 4.39 Å². The highest BCUT2D eigenvalue weighted by atomic mass is 19.1. The topological polar surface area (TPSA) is 36.3 Å². The molecule has 2 atom stereocenters. The van der Waals surface area contributed by atoms with Gasteiger partial charge in [-0.15, -0.1) is 0 Å². The zero-order chi connectivity index (χ0) is 20.3. The van der Waals surface area contributed by atoms with Crippen LogP contribution in [0.2, 0.25) is 0 Å². The van der Waals surface area contributed by atoms with E-state index in [0.29, 0.717) is 12.1 Å². The number of nitrogens with zero attached hydrogens (tertiary/aromatic N) is 4. The third kappa shape index (κ3) is 2.82. The summed E-state index contributed by atoms with van der Waals surface area (Å²) >= 11 is 0. The normalized spacial score (nSPS) is 21.4. The fraction of sp³-hybridized carbons (Fsp3) is 0.348. The summed E-state index contributed by atoms with van der Waals surface area (Å²) in [5.41, 5.74) is 3.86. The average molecular weight is 391 g/mol. The lowest BCUT2D eigenvalue weighted by atomic mass is 10.1. The number of aromatic nitrogens is 2. The fourth-order valence-corrected chi connectivity index (χ4v) is 4.77. The molecule has 0 amide bonds. The third-order valence-electron chi connectivity index (χ3n) is 5.93. The van der Waals surface area contributed by atoms with Crippen LogP contribution in [0.5, 0.6) is 0 Å². The van der Waals surface area contributed by atoms with Gasteiger partial charge in [-0.2, -0.15) is 0 Å². The Balaban J connectivity index is 1.70. The smallest absolute Gasteiger partial charge is 0.164 e. The molecule has 2 aliphatic heterocycles. The molecular weight excluding hydrogens is 365 g/mol. The molecule has 5 nitrogen and oxygen atoms in total. The molecule has 0 saturated carbocycles. The lowest BCUT2D eigenvalue weighted by Gasteiger charge is -2.38. The van der Waals surface area contributed by atoms with Crippen molar-refractivity contribution in [2.75, 3.05) is 29.4 Å². The highest BCUT2D eigenvalue weighted by Crippen LogP contribution is 2.41. The molecule has 1 fully saturated rings. The largest absolute Gasteiger partial charge is 0.353 e. The van der Waals surface area contributed by atoms with E-state index in [4.69, 9.17) is 4.98 Å². The quantitative estimate of drug-likeness (QED) is 0.712. The summed E-state index contributed by atoms with van der Waals surface area (Å²) in [6, 6.07) is 12.0. The summed E-state index contributed by atoms with van der Waals surface area (Å²) in [5.74, 6) is 1.62. The van der Waals surface area contributed by atoms with Gasteiger partial charge < -0.3 is 15.1 Å². The lowest BCUT2D eigenvalue weighted by Crippen LogP contribution is -2.54. The predicted octanol–water partition coefficient (Wildman–Crippen LogP) is 4.16. The van der Waals surface area contributed by atoms with E-state index in [1.807, 2.05) is 12.1 Å². The maximum Gasteiger partial charge on any atom is 0.164 e. The van der Waals surface area contributed by atoms with Crippen molar-refractivity contribution in [2.24, 2.45) is 0 Å². The Bertz CT molecular complexity index is 1110. The minimum Gasteiger partial charge on any atom is -0.353 e. The van der Waals surface area contributed by atoms with E-state index >= 15 is 0 Å². The summed E-state index contributed by atoms with van der Waals surface area (Å²) in [6.45, 7) is 13.5. The molecule has 0 bridgehead atoms. The molecule has 0 unspecified atom stereocenters. The van der Waals surface area contributed by atoms with Gasteiger partial charge in [-0.05, 0) is 57.2 Å². The van der Waals surface area contributed by atoms with Gasteiger partial charge in [0.1, 0.15) is 11.6 Å². The zero-order valence-electron chi connectivity index (χ0n) is 17.1. The zero-order valence-corrected chi connectivity index (χ0v) is 17.1. The second-order valence-corrected chi connectivity index (χ2v) is 8.15. The highest BCUT2D eigenvalue weighted by Gasteiger charge is 2.29. The van der Waals surface area contributed by atoms with Crippen LogP contribution in [0.25, 0.3) is 22.4 Å². The fourth-order valence-electron chi connectivity index (χ4n) is 4.77. The molecule has 1 N–H and O–H groups in total. The summed E-state index contributed by atoms with van der Waals surface area (Å²) in [4.78, 5) is 9.63. The Labute approximate surface area is 170 Å². The van der Waals surface area contributed by atoms with Crippen LogP contribution in [-0.4, -0.2) is 41.3 Å². The van der Waals surface area contributed by atoms with Crippen molar-refractivity contribution in [1.82, 2.24) is 14.9 Å². The molecule has 2 aromatic heterocycles. The molecule has 2 aliphatic rings. The molecule has 0 spiro atoms. The summed E-state index contributed by atoms with van der Waals surface area (Å²) in [7, 11) is 0. The van der Waals surface area contributed by atoms with Crippen molar-refractivity contribution in [3.8, 4) is 5.82 Å². The van der Waals surface area contributed by atoms with Gasteiger partial charge in [-0.3, -0.25) is 4.57 Å². The van der Waals surface area contributed by atoms with Crippen LogP contribution in [0, 0.1) is 5.82 Å². The molecule has 1 aromatic carbocycles. The summed E-state index contributed by atoms with van der Waals surface area (Å²) in [5, 5.41) is 4.44. The number of halogens is 1. The molecule has 1 saturated heterocycles. The van der Waals surface area contributed by atoms with Gasteiger partial charge >= 0.3 is 0 Å². The van der Waals surface area contributed by atoms with Crippen LogP contribution in [0.1, 0.15) is 26.5 Å². The van der Waals surface area contributed by atoms with E-state index in [1.165, 1.54) is 6.07 Å². The van der Waals surface area contributed by atoms with E-state index in [0.717, 1.165) is 59.3 Å². The van der Waals surface area contributed by atoms with Crippen molar-refractivity contribution >= 4 is 28.1 Å². The maximum absolute atomic E-state index is 13.8. The van der Waals surface area contributed by atoms with Crippen LogP contribution < -0.4 is 15.1 Å². The number of pyridine rings is 1. The van der Waals surface area contributed by atoms with Crippen molar-refractivity contribution in [2.45, 2.75) is 32.9 Å². The van der Waals surface area contributed by atoms with E-state index in [1.54, 1.807) is 6.07 Å². The first-order chi connectivity index (χ1) is 14.0. The summed E-state index contributed by atoms with van der Waals surface area (Å²) in [6.07, 6.45) is 0. The first-order valence-corrected chi connectivity index (χ1v) is 10.3. The Hall–Kier alpha value is -2.86. The van der Waals surface area contributed by atoms with E-state index < -0.39 is 0 Å². The molecule has 4 heterocycles. The Morgan fingerprint density at radius 2 is 1.90 bits per heavy atom. The molecule has 0 aliphatic carbocycles. The number of piperazine rings is 1. The monoisotopic (exact) mass is 391 g/mol. The minimum atomic E-state index is -0.232. The first-order valence-electron chi connectivity index (χ1n) is 10.3. The number of hydrogen-bond acceptors (Lipinski definition) is 4. The van der Waals surface area contributed by atoms with E-state index in [9.17, 15) is 4.39 Å². The van der Waals surface area contributed by atoms with Crippen LogP contribution in [0.4, 0.5) is 15.9 Å². The summed E-state index contributed by atoms with van der Waals surface area (Å²) < 4.78 is 16.0. The molecule has 29 heavy (non-hydrogen) atoms. The number of benzene rings is 1. The average Bonchev–Trinajstić information content (AvgIpc) is 3.06. The Morgan fingerprint density at radius 3 is 2.62 bits per heavy atom. The molecule has 6 heteroatoms.